The lowest BCUT2D eigenvalue weighted by Gasteiger charge is -2.11. The van der Waals surface area contributed by atoms with E-state index in [9.17, 15) is 0 Å². The number of methoxy groups -OCH3 is 1. The molecule has 0 N–H and O–H groups in total. The smallest absolute Gasteiger partial charge is 0.218 e. The summed E-state index contributed by atoms with van der Waals surface area (Å²) in [4.78, 5) is 19.2. The van der Waals surface area contributed by atoms with Gasteiger partial charge in [0.05, 0.1) is 20.0 Å². The zero-order valence-corrected chi connectivity index (χ0v) is 12.2. The van der Waals surface area contributed by atoms with E-state index in [0.29, 0.717) is 12.4 Å². The Morgan fingerprint density at radius 1 is 1.19 bits per heavy atom. The second-order valence-corrected chi connectivity index (χ2v) is 4.81. The van der Waals surface area contributed by atoms with E-state index in [2.05, 4.69) is 19.9 Å². The first-order valence-corrected chi connectivity index (χ1v) is 6.51. The second kappa shape index (κ2) is 5.35. The molecule has 3 rings (SSSR count). The number of hydrogen-bond donors (Lipinski definition) is 0. The van der Waals surface area contributed by atoms with Crippen LogP contribution < -0.4 is 9.64 Å². The van der Waals surface area contributed by atoms with Crippen LogP contribution in [0.15, 0.2) is 31.0 Å². The van der Waals surface area contributed by atoms with E-state index in [-0.39, 0.29) is 0 Å². The third kappa shape index (κ3) is 2.37. The second-order valence-electron chi connectivity index (χ2n) is 4.81. The van der Waals surface area contributed by atoms with Gasteiger partial charge in [-0.25, -0.2) is 19.9 Å². The molecule has 0 fully saturated rings. The van der Waals surface area contributed by atoms with Gasteiger partial charge < -0.3 is 14.2 Å². The number of anilines is 1. The highest BCUT2D eigenvalue weighted by atomic mass is 16.5. The van der Waals surface area contributed by atoms with Gasteiger partial charge in [0.2, 0.25) is 5.88 Å². The molecular weight excluding hydrogens is 268 g/mol. The number of aromatic nitrogens is 5. The third-order valence-electron chi connectivity index (χ3n) is 3.19. The van der Waals surface area contributed by atoms with Crippen molar-refractivity contribution in [2.45, 2.75) is 6.54 Å². The number of fused-ring (bicyclic) bond motifs is 1. The molecule has 0 bridgehead atoms. The Bertz CT molecular complexity index is 767. The van der Waals surface area contributed by atoms with Crippen LogP contribution in [-0.2, 0) is 6.54 Å². The van der Waals surface area contributed by atoms with E-state index in [1.807, 2.05) is 35.7 Å². The molecule has 7 heteroatoms. The van der Waals surface area contributed by atoms with Gasteiger partial charge in [-0.2, -0.15) is 0 Å². The Labute approximate surface area is 122 Å². The molecule has 3 heterocycles. The predicted molar refractivity (Wildman–Crippen MR) is 79.5 cm³/mol. The van der Waals surface area contributed by atoms with Crippen molar-refractivity contribution < 1.29 is 4.74 Å². The SMILES string of the molecule is COc1ncccc1Cn1cnc2c(N(C)C)ncnc21. The average Bonchev–Trinajstić information content (AvgIpc) is 2.91. The summed E-state index contributed by atoms with van der Waals surface area (Å²) >= 11 is 0. The van der Waals surface area contributed by atoms with Crippen molar-refractivity contribution in [1.82, 2.24) is 24.5 Å². The highest BCUT2D eigenvalue weighted by Gasteiger charge is 2.13. The quantitative estimate of drug-likeness (QED) is 0.720. The largest absolute Gasteiger partial charge is 0.481 e. The fourth-order valence-electron chi connectivity index (χ4n) is 2.22. The molecule has 3 aromatic heterocycles. The molecule has 3 aromatic rings. The first-order valence-electron chi connectivity index (χ1n) is 6.51. The number of pyridine rings is 1. The molecule has 0 aliphatic heterocycles. The molecule has 0 spiro atoms. The van der Waals surface area contributed by atoms with Crippen LogP contribution in [0.5, 0.6) is 5.88 Å². The van der Waals surface area contributed by atoms with Crippen LogP contribution in [0.3, 0.4) is 0 Å². The maximum Gasteiger partial charge on any atom is 0.218 e. The van der Waals surface area contributed by atoms with E-state index in [1.165, 1.54) is 0 Å². The molecule has 21 heavy (non-hydrogen) atoms. The monoisotopic (exact) mass is 284 g/mol. The van der Waals surface area contributed by atoms with E-state index in [4.69, 9.17) is 4.74 Å². The number of imidazole rings is 1. The summed E-state index contributed by atoms with van der Waals surface area (Å²) in [5.41, 5.74) is 2.55. The van der Waals surface area contributed by atoms with Gasteiger partial charge in [-0.1, -0.05) is 6.07 Å². The molecule has 0 saturated heterocycles. The first kappa shape index (κ1) is 13.3. The molecule has 7 nitrogen and oxygen atoms in total. The van der Waals surface area contributed by atoms with Gasteiger partial charge in [-0.05, 0) is 6.07 Å². The van der Waals surface area contributed by atoms with Crippen LogP contribution in [-0.4, -0.2) is 45.7 Å². The Balaban J connectivity index is 2.04. The molecule has 0 radical (unpaired) electrons. The number of hydrogen-bond acceptors (Lipinski definition) is 6. The molecule has 0 saturated carbocycles. The maximum atomic E-state index is 5.28. The lowest BCUT2D eigenvalue weighted by Crippen LogP contribution is -2.11. The Morgan fingerprint density at radius 3 is 2.81 bits per heavy atom. The summed E-state index contributed by atoms with van der Waals surface area (Å²) in [6.07, 6.45) is 5.02. The Hall–Kier alpha value is -2.70. The first-order chi connectivity index (χ1) is 10.2. The predicted octanol–water partition coefficient (Wildman–Crippen LogP) is 1.34. The van der Waals surface area contributed by atoms with Crippen molar-refractivity contribution in [3.05, 3.63) is 36.5 Å². The third-order valence-corrected chi connectivity index (χ3v) is 3.19. The van der Waals surface area contributed by atoms with Crippen molar-refractivity contribution in [1.29, 1.82) is 0 Å². The maximum absolute atomic E-state index is 5.28. The van der Waals surface area contributed by atoms with Crippen LogP contribution in [0.2, 0.25) is 0 Å². The zero-order chi connectivity index (χ0) is 14.8. The normalized spacial score (nSPS) is 10.8. The summed E-state index contributed by atoms with van der Waals surface area (Å²) in [6, 6.07) is 3.86. The topological polar surface area (TPSA) is 69.0 Å². The van der Waals surface area contributed by atoms with Crippen molar-refractivity contribution in [3.8, 4) is 5.88 Å². The van der Waals surface area contributed by atoms with E-state index in [1.54, 1.807) is 26.0 Å². The van der Waals surface area contributed by atoms with Crippen molar-refractivity contribution in [3.63, 3.8) is 0 Å². The summed E-state index contributed by atoms with van der Waals surface area (Å²) < 4.78 is 7.24. The minimum Gasteiger partial charge on any atom is -0.481 e. The zero-order valence-electron chi connectivity index (χ0n) is 12.2. The van der Waals surface area contributed by atoms with Gasteiger partial charge in [-0.15, -0.1) is 0 Å². The summed E-state index contributed by atoms with van der Waals surface area (Å²) in [7, 11) is 5.49. The van der Waals surface area contributed by atoms with Gasteiger partial charge >= 0.3 is 0 Å². The summed E-state index contributed by atoms with van der Waals surface area (Å²) in [5, 5.41) is 0. The molecule has 0 aromatic carbocycles. The number of rotatable bonds is 4. The number of nitrogens with zero attached hydrogens (tertiary/aromatic N) is 6. The fraction of sp³-hybridized carbons (Fsp3) is 0.286. The van der Waals surface area contributed by atoms with E-state index < -0.39 is 0 Å². The molecule has 0 aliphatic rings. The fourth-order valence-corrected chi connectivity index (χ4v) is 2.22. The standard InChI is InChI=1S/C14H16N6O/c1-19(2)12-11-13(17-8-16-12)20(9-18-11)7-10-5-4-6-15-14(10)21-3/h4-6,8-9H,7H2,1-3H3. The minimum absolute atomic E-state index is 0.595. The average molecular weight is 284 g/mol. The van der Waals surface area contributed by atoms with Gasteiger partial charge in [-0.3, -0.25) is 0 Å². The van der Waals surface area contributed by atoms with Crippen LogP contribution >= 0.6 is 0 Å². The summed E-state index contributed by atoms with van der Waals surface area (Å²) in [6.45, 7) is 0.595. The molecule has 108 valence electrons. The molecule has 0 aliphatic carbocycles. The van der Waals surface area contributed by atoms with Crippen LogP contribution in [0.4, 0.5) is 5.82 Å². The summed E-state index contributed by atoms with van der Waals surface area (Å²) in [5.74, 6) is 1.41. The highest BCUT2D eigenvalue weighted by molar-refractivity contribution is 5.83. The number of ether oxygens (including phenoxy) is 1. The van der Waals surface area contributed by atoms with Crippen molar-refractivity contribution >= 4 is 17.0 Å². The van der Waals surface area contributed by atoms with Crippen LogP contribution in [0, 0.1) is 0 Å². The van der Waals surface area contributed by atoms with Crippen molar-refractivity contribution in [2.24, 2.45) is 0 Å². The van der Waals surface area contributed by atoms with Crippen LogP contribution in [0.25, 0.3) is 11.2 Å². The molecule has 0 amide bonds. The van der Waals surface area contributed by atoms with Crippen molar-refractivity contribution in [2.75, 3.05) is 26.1 Å². The van der Waals surface area contributed by atoms with Gasteiger partial charge in [0.1, 0.15) is 6.33 Å². The van der Waals surface area contributed by atoms with Gasteiger partial charge in [0.15, 0.2) is 17.0 Å². The highest BCUT2D eigenvalue weighted by Crippen LogP contribution is 2.22. The minimum atomic E-state index is 0.595. The van der Waals surface area contributed by atoms with E-state index >= 15 is 0 Å². The molecule has 0 unspecified atom stereocenters. The lowest BCUT2D eigenvalue weighted by molar-refractivity contribution is 0.391. The Kier molecular flexibility index (Phi) is 3.39. The Morgan fingerprint density at radius 2 is 2.05 bits per heavy atom. The molecule has 0 atom stereocenters. The molecular formula is C14H16N6O. The van der Waals surface area contributed by atoms with Crippen LogP contribution in [0.1, 0.15) is 5.56 Å². The van der Waals surface area contributed by atoms with Gasteiger partial charge in [0.25, 0.3) is 0 Å². The van der Waals surface area contributed by atoms with E-state index in [0.717, 1.165) is 22.5 Å². The lowest BCUT2D eigenvalue weighted by atomic mass is 10.2. The van der Waals surface area contributed by atoms with Gasteiger partial charge in [0, 0.05) is 25.9 Å².